The maximum absolute atomic E-state index is 3.53. The van der Waals surface area contributed by atoms with Gasteiger partial charge in [-0.05, 0) is 56.9 Å². The predicted octanol–water partition coefficient (Wildman–Crippen LogP) is 6.86. The van der Waals surface area contributed by atoms with Gasteiger partial charge in [0.1, 0.15) is 0 Å². The molecule has 0 aliphatic carbocycles. The summed E-state index contributed by atoms with van der Waals surface area (Å²) >= 11 is 0. The largest absolute Gasteiger partial charge is 0.381 e. The van der Waals surface area contributed by atoms with E-state index in [9.17, 15) is 0 Å². The third kappa shape index (κ3) is 6.44. The number of nitrogens with zero attached hydrogens (tertiary/aromatic N) is 1. The van der Waals surface area contributed by atoms with Gasteiger partial charge in [-0.25, -0.2) is 0 Å². The minimum atomic E-state index is 0.379. The van der Waals surface area contributed by atoms with Crippen LogP contribution in [0.5, 0.6) is 0 Å². The highest BCUT2D eigenvalue weighted by molar-refractivity contribution is 5.69. The Bertz CT molecular complexity index is 724. The van der Waals surface area contributed by atoms with E-state index in [1.54, 1.807) is 0 Å². The first-order chi connectivity index (χ1) is 13.6. The normalized spacial score (nSPS) is 16.6. The zero-order chi connectivity index (χ0) is 20.4. The third-order valence-electron chi connectivity index (χ3n) is 5.56. The second kappa shape index (κ2) is 11.6. The molecule has 1 aromatic rings. The highest BCUT2D eigenvalue weighted by Crippen LogP contribution is 2.32. The molecular formula is C26H38N2. The van der Waals surface area contributed by atoms with Gasteiger partial charge in [-0.1, -0.05) is 74.4 Å². The van der Waals surface area contributed by atoms with Crippen LogP contribution < -0.4 is 5.32 Å². The van der Waals surface area contributed by atoms with E-state index in [2.05, 4.69) is 106 Å². The van der Waals surface area contributed by atoms with Crippen LogP contribution in [0.3, 0.4) is 0 Å². The van der Waals surface area contributed by atoms with Gasteiger partial charge in [0.05, 0.1) is 6.04 Å². The lowest BCUT2D eigenvalue weighted by Crippen LogP contribution is -2.22. The van der Waals surface area contributed by atoms with Crippen LogP contribution in [0.25, 0.3) is 5.70 Å². The summed E-state index contributed by atoms with van der Waals surface area (Å²) in [7, 11) is 2.20. The van der Waals surface area contributed by atoms with Crippen molar-refractivity contribution in [3.63, 3.8) is 0 Å². The van der Waals surface area contributed by atoms with Crippen LogP contribution in [0.15, 0.2) is 66.4 Å². The molecule has 1 aliphatic rings. The summed E-state index contributed by atoms with van der Waals surface area (Å²) in [5.74, 6) is 0.649. The molecule has 0 aromatic heterocycles. The van der Waals surface area contributed by atoms with Crippen molar-refractivity contribution in [2.75, 3.05) is 13.6 Å². The predicted molar refractivity (Wildman–Crippen MR) is 124 cm³/mol. The Morgan fingerprint density at radius 3 is 2.71 bits per heavy atom. The monoisotopic (exact) mass is 378 g/mol. The maximum Gasteiger partial charge on any atom is 0.0540 e. The number of allylic oxidation sites excluding steroid dienone is 5. The molecule has 0 spiro atoms. The van der Waals surface area contributed by atoms with Crippen molar-refractivity contribution in [1.82, 2.24) is 10.2 Å². The van der Waals surface area contributed by atoms with Crippen LogP contribution in [-0.4, -0.2) is 18.5 Å². The molecular weight excluding hydrogens is 340 g/mol. The van der Waals surface area contributed by atoms with Gasteiger partial charge in [0.25, 0.3) is 0 Å². The molecule has 0 amide bonds. The lowest BCUT2D eigenvalue weighted by atomic mass is 9.91. The Morgan fingerprint density at radius 2 is 2.04 bits per heavy atom. The van der Waals surface area contributed by atoms with E-state index < -0.39 is 0 Å². The van der Waals surface area contributed by atoms with Gasteiger partial charge < -0.3 is 10.2 Å². The fraction of sp³-hybridized carbons (Fsp3) is 0.462. The standard InChI is InChI=1S/C26H38N2/c1-6-19-28(5)26(17-12-13-22(4)20-21(3)7-2)24-15-9-8-14-23(24)25-16-10-11-18-27-25/h6,8-11,14-16,19-20,22,26-27H,7,12-13,17-18H2,1-5H3/b19-6-,21-20-/t22?,26-/m0/s1. The van der Waals surface area contributed by atoms with Crippen LogP contribution in [-0.2, 0) is 0 Å². The molecule has 2 atom stereocenters. The van der Waals surface area contributed by atoms with Gasteiger partial charge >= 0.3 is 0 Å². The van der Waals surface area contributed by atoms with Crippen molar-refractivity contribution in [3.05, 3.63) is 77.5 Å². The third-order valence-corrected chi connectivity index (χ3v) is 5.56. The second-order valence-electron chi connectivity index (χ2n) is 7.92. The fourth-order valence-corrected chi connectivity index (χ4v) is 3.92. The van der Waals surface area contributed by atoms with E-state index in [0.717, 1.165) is 19.4 Å². The van der Waals surface area contributed by atoms with E-state index in [1.165, 1.54) is 35.2 Å². The van der Waals surface area contributed by atoms with Crippen LogP contribution >= 0.6 is 0 Å². The quantitative estimate of drug-likeness (QED) is 0.448. The number of dihydropyridines is 1. The SMILES string of the molecule is C/C=C\N(C)[C@@H](CCCC(C)/C=C(/C)CC)c1ccccc1C1=CC=CCN1. The minimum Gasteiger partial charge on any atom is -0.381 e. The average Bonchev–Trinajstić information content (AvgIpc) is 2.72. The molecule has 2 nitrogen and oxygen atoms in total. The molecule has 0 radical (unpaired) electrons. The van der Waals surface area contributed by atoms with Crippen molar-refractivity contribution < 1.29 is 0 Å². The number of hydrogen-bond acceptors (Lipinski definition) is 2. The molecule has 1 heterocycles. The first kappa shape index (κ1) is 22.1. The Kier molecular flexibility index (Phi) is 9.13. The maximum atomic E-state index is 3.53. The summed E-state index contributed by atoms with van der Waals surface area (Å²) in [5.41, 5.74) is 5.46. The summed E-state index contributed by atoms with van der Waals surface area (Å²) < 4.78 is 0. The van der Waals surface area contributed by atoms with Gasteiger partial charge in [-0.2, -0.15) is 0 Å². The van der Waals surface area contributed by atoms with Crippen LogP contribution in [0, 0.1) is 5.92 Å². The van der Waals surface area contributed by atoms with Crippen molar-refractivity contribution in [3.8, 4) is 0 Å². The second-order valence-corrected chi connectivity index (χ2v) is 7.92. The van der Waals surface area contributed by atoms with Crippen LogP contribution in [0.4, 0.5) is 0 Å². The smallest absolute Gasteiger partial charge is 0.0540 e. The molecule has 0 saturated heterocycles. The van der Waals surface area contributed by atoms with Crippen LogP contribution in [0.2, 0.25) is 0 Å². The summed E-state index contributed by atoms with van der Waals surface area (Å²) in [6.45, 7) is 9.82. The van der Waals surface area contributed by atoms with E-state index in [4.69, 9.17) is 0 Å². The molecule has 1 N–H and O–H groups in total. The lowest BCUT2D eigenvalue weighted by Gasteiger charge is -2.30. The number of hydrogen-bond donors (Lipinski definition) is 1. The fourth-order valence-electron chi connectivity index (χ4n) is 3.92. The van der Waals surface area contributed by atoms with Crippen LogP contribution in [0.1, 0.15) is 70.5 Å². The Morgan fingerprint density at radius 1 is 1.25 bits per heavy atom. The van der Waals surface area contributed by atoms with Crippen molar-refractivity contribution in [2.45, 2.75) is 59.4 Å². The van der Waals surface area contributed by atoms with Gasteiger partial charge in [0.2, 0.25) is 0 Å². The minimum absolute atomic E-state index is 0.379. The van der Waals surface area contributed by atoms with Gasteiger partial charge in [-0.15, -0.1) is 0 Å². The summed E-state index contributed by atoms with van der Waals surface area (Å²) in [4.78, 5) is 2.37. The molecule has 1 aromatic carbocycles. The van der Waals surface area contributed by atoms with E-state index in [-0.39, 0.29) is 0 Å². The molecule has 1 aliphatic heterocycles. The molecule has 152 valence electrons. The van der Waals surface area contributed by atoms with Gasteiger partial charge in [-0.3, -0.25) is 0 Å². The van der Waals surface area contributed by atoms with Crippen molar-refractivity contribution in [1.29, 1.82) is 0 Å². The number of rotatable bonds is 10. The summed E-state index contributed by atoms with van der Waals surface area (Å²) in [5, 5.41) is 3.53. The summed E-state index contributed by atoms with van der Waals surface area (Å²) in [6, 6.07) is 9.24. The molecule has 0 saturated carbocycles. The number of benzene rings is 1. The Balaban J connectivity index is 2.20. The topological polar surface area (TPSA) is 15.3 Å². The van der Waals surface area contributed by atoms with E-state index in [1.807, 2.05) is 0 Å². The number of nitrogens with one attached hydrogen (secondary N) is 1. The molecule has 28 heavy (non-hydrogen) atoms. The molecule has 1 unspecified atom stereocenters. The molecule has 0 fully saturated rings. The highest BCUT2D eigenvalue weighted by Gasteiger charge is 2.20. The first-order valence-corrected chi connectivity index (χ1v) is 10.8. The van der Waals surface area contributed by atoms with Gasteiger partial charge in [0, 0.05) is 24.9 Å². The molecule has 0 bridgehead atoms. The zero-order valence-electron chi connectivity index (χ0n) is 18.4. The Hall–Kier alpha value is -2.22. The van der Waals surface area contributed by atoms with Crippen molar-refractivity contribution >= 4 is 5.70 Å². The lowest BCUT2D eigenvalue weighted by molar-refractivity contribution is 0.306. The van der Waals surface area contributed by atoms with Crippen molar-refractivity contribution in [2.24, 2.45) is 5.92 Å². The summed E-state index contributed by atoms with van der Waals surface area (Å²) in [6.07, 6.45) is 18.1. The highest BCUT2D eigenvalue weighted by atomic mass is 15.1. The Labute approximate surface area is 172 Å². The average molecular weight is 379 g/mol. The first-order valence-electron chi connectivity index (χ1n) is 10.8. The van der Waals surface area contributed by atoms with E-state index in [0.29, 0.717) is 12.0 Å². The van der Waals surface area contributed by atoms with E-state index >= 15 is 0 Å². The van der Waals surface area contributed by atoms with Gasteiger partial charge in [0.15, 0.2) is 0 Å². The molecule has 2 heteroatoms. The zero-order valence-corrected chi connectivity index (χ0v) is 18.4. The molecule has 2 rings (SSSR count).